The fraction of sp³-hybridized carbons (Fsp3) is 0.375. The van der Waals surface area contributed by atoms with E-state index in [0.717, 1.165) is 6.42 Å². The van der Waals surface area contributed by atoms with E-state index in [2.05, 4.69) is 11.3 Å². The molecular weight excluding hydrogens is 128 g/mol. The van der Waals surface area contributed by atoms with Crippen molar-refractivity contribution in [2.45, 2.75) is 13.3 Å². The lowest BCUT2D eigenvalue weighted by molar-refractivity contribution is -0.140. The van der Waals surface area contributed by atoms with Gasteiger partial charge in [-0.3, -0.25) is 4.79 Å². The van der Waals surface area contributed by atoms with E-state index < -0.39 is 0 Å². The number of allylic oxidation sites excluding steroid dienone is 2. The van der Waals surface area contributed by atoms with Crippen LogP contribution in [-0.2, 0) is 9.53 Å². The monoisotopic (exact) mass is 140 g/mol. The SMILES string of the molecule is C=CC=CCCOC(C)=O. The highest BCUT2D eigenvalue weighted by molar-refractivity contribution is 5.65. The average molecular weight is 140 g/mol. The van der Waals surface area contributed by atoms with E-state index in [1.54, 1.807) is 6.08 Å². The van der Waals surface area contributed by atoms with Gasteiger partial charge in [0.1, 0.15) is 0 Å². The lowest BCUT2D eigenvalue weighted by atomic mass is 10.4. The minimum Gasteiger partial charge on any atom is -0.466 e. The molecule has 56 valence electrons. The molecule has 0 aliphatic rings. The molecule has 0 heterocycles. The van der Waals surface area contributed by atoms with Gasteiger partial charge in [-0.2, -0.15) is 0 Å². The molecule has 2 nitrogen and oxygen atoms in total. The smallest absolute Gasteiger partial charge is 0.302 e. The fourth-order valence-electron chi connectivity index (χ4n) is 0.463. The molecule has 0 atom stereocenters. The van der Waals surface area contributed by atoms with E-state index in [0.29, 0.717) is 6.61 Å². The van der Waals surface area contributed by atoms with Crippen LogP contribution in [0, 0.1) is 0 Å². The van der Waals surface area contributed by atoms with E-state index in [-0.39, 0.29) is 5.97 Å². The Hall–Kier alpha value is -1.05. The van der Waals surface area contributed by atoms with Crippen molar-refractivity contribution in [1.29, 1.82) is 0 Å². The van der Waals surface area contributed by atoms with Gasteiger partial charge in [-0.15, -0.1) is 0 Å². The fourth-order valence-corrected chi connectivity index (χ4v) is 0.463. The molecule has 0 N–H and O–H groups in total. The van der Waals surface area contributed by atoms with Crippen molar-refractivity contribution in [2.75, 3.05) is 6.61 Å². The molecule has 0 aliphatic heterocycles. The van der Waals surface area contributed by atoms with Crippen molar-refractivity contribution in [2.24, 2.45) is 0 Å². The second kappa shape index (κ2) is 6.08. The molecule has 0 radical (unpaired) electrons. The zero-order valence-corrected chi connectivity index (χ0v) is 6.17. The average Bonchev–Trinajstić information content (AvgIpc) is 1.87. The van der Waals surface area contributed by atoms with Crippen LogP contribution in [0.25, 0.3) is 0 Å². The first-order valence-corrected chi connectivity index (χ1v) is 3.18. The molecule has 0 rings (SSSR count). The van der Waals surface area contributed by atoms with Crippen LogP contribution in [0.15, 0.2) is 24.8 Å². The lowest BCUT2D eigenvalue weighted by Gasteiger charge is -1.95. The highest BCUT2D eigenvalue weighted by atomic mass is 16.5. The molecule has 0 fully saturated rings. The van der Waals surface area contributed by atoms with Gasteiger partial charge in [0, 0.05) is 6.92 Å². The molecule has 0 saturated carbocycles. The predicted octanol–water partition coefficient (Wildman–Crippen LogP) is 1.68. The molecule has 10 heavy (non-hydrogen) atoms. The van der Waals surface area contributed by atoms with Crippen LogP contribution in [0.5, 0.6) is 0 Å². The zero-order valence-electron chi connectivity index (χ0n) is 6.17. The minimum absolute atomic E-state index is 0.230. The van der Waals surface area contributed by atoms with Gasteiger partial charge < -0.3 is 4.74 Å². The molecule has 0 spiro atoms. The van der Waals surface area contributed by atoms with Crippen LogP contribution in [-0.4, -0.2) is 12.6 Å². The van der Waals surface area contributed by atoms with Crippen molar-refractivity contribution in [3.8, 4) is 0 Å². The molecule has 0 amide bonds. The van der Waals surface area contributed by atoms with E-state index in [9.17, 15) is 4.79 Å². The van der Waals surface area contributed by atoms with E-state index in [1.165, 1.54) is 6.92 Å². The summed E-state index contributed by atoms with van der Waals surface area (Å²) in [6.45, 7) is 5.36. The summed E-state index contributed by atoms with van der Waals surface area (Å²) in [6, 6.07) is 0. The Morgan fingerprint density at radius 3 is 2.90 bits per heavy atom. The van der Waals surface area contributed by atoms with Crippen LogP contribution in [0.4, 0.5) is 0 Å². The third-order valence-electron chi connectivity index (χ3n) is 0.862. The van der Waals surface area contributed by atoms with Gasteiger partial charge in [0.05, 0.1) is 6.61 Å². The number of rotatable bonds is 4. The third kappa shape index (κ3) is 6.95. The summed E-state index contributed by atoms with van der Waals surface area (Å²) < 4.78 is 4.66. The molecule has 0 aromatic heterocycles. The van der Waals surface area contributed by atoms with E-state index >= 15 is 0 Å². The lowest BCUT2D eigenvalue weighted by Crippen LogP contribution is -1.98. The molecular formula is C8H12O2. The predicted molar refractivity (Wildman–Crippen MR) is 40.6 cm³/mol. The highest BCUT2D eigenvalue weighted by Gasteiger charge is 1.87. The number of carbonyl (C=O) groups is 1. The van der Waals surface area contributed by atoms with E-state index in [1.807, 2.05) is 12.2 Å². The van der Waals surface area contributed by atoms with E-state index in [4.69, 9.17) is 0 Å². The number of hydrogen-bond donors (Lipinski definition) is 0. The molecule has 0 aromatic carbocycles. The third-order valence-corrected chi connectivity index (χ3v) is 0.862. The van der Waals surface area contributed by atoms with Gasteiger partial charge in [-0.25, -0.2) is 0 Å². The normalized spacial score (nSPS) is 9.70. The summed E-state index contributed by atoms with van der Waals surface area (Å²) in [7, 11) is 0. The Kier molecular flexibility index (Phi) is 5.44. The summed E-state index contributed by atoms with van der Waals surface area (Å²) >= 11 is 0. The van der Waals surface area contributed by atoms with Crippen molar-refractivity contribution in [3.05, 3.63) is 24.8 Å². The summed E-state index contributed by atoms with van der Waals surface area (Å²) in [4.78, 5) is 10.2. The molecule has 2 heteroatoms. The van der Waals surface area contributed by atoms with Gasteiger partial charge in [0.2, 0.25) is 0 Å². The number of carbonyl (C=O) groups excluding carboxylic acids is 1. The van der Waals surface area contributed by atoms with Crippen LogP contribution in [0.2, 0.25) is 0 Å². The standard InChI is InChI=1S/C8H12O2/c1-3-4-5-6-7-10-8(2)9/h3-5H,1,6-7H2,2H3. The summed E-state index contributed by atoms with van der Waals surface area (Å²) in [5, 5.41) is 0. The number of ether oxygens (including phenoxy) is 1. The number of esters is 1. The Bertz CT molecular complexity index is 136. The van der Waals surface area contributed by atoms with Crippen LogP contribution >= 0.6 is 0 Å². The van der Waals surface area contributed by atoms with Crippen LogP contribution in [0.1, 0.15) is 13.3 Å². The molecule has 0 saturated heterocycles. The first-order chi connectivity index (χ1) is 4.77. The summed E-state index contributed by atoms with van der Waals surface area (Å²) in [5.41, 5.74) is 0. The van der Waals surface area contributed by atoms with Gasteiger partial charge in [-0.05, 0) is 6.42 Å². The maximum atomic E-state index is 10.2. The second-order valence-corrected chi connectivity index (χ2v) is 1.79. The largest absolute Gasteiger partial charge is 0.466 e. The Labute approximate surface area is 61.2 Å². The second-order valence-electron chi connectivity index (χ2n) is 1.79. The topological polar surface area (TPSA) is 26.3 Å². The highest BCUT2D eigenvalue weighted by Crippen LogP contribution is 1.85. The molecule has 0 unspecified atom stereocenters. The first-order valence-electron chi connectivity index (χ1n) is 3.18. The van der Waals surface area contributed by atoms with Gasteiger partial charge >= 0.3 is 5.97 Å². The maximum Gasteiger partial charge on any atom is 0.302 e. The maximum absolute atomic E-state index is 10.2. The quantitative estimate of drug-likeness (QED) is 0.337. The molecule has 0 bridgehead atoms. The summed E-state index contributed by atoms with van der Waals surface area (Å²) in [6.07, 6.45) is 6.17. The Morgan fingerprint density at radius 2 is 2.40 bits per heavy atom. The van der Waals surface area contributed by atoms with Crippen molar-refractivity contribution < 1.29 is 9.53 Å². The first kappa shape index (κ1) is 8.95. The number of hydrogen-bond acceptors (Lipinski definition) is 2. The van der Waals surface area contributed by atoms with Crippen molar-refractivity contribution in [3.63, 3.8) is 0 Å². The van der Waals surface area contributed by atoms with Gasteiger partial charge in [-0.1, -0.05) is 24.8 Å². The Morgan fingerprint density at radius 1 is 1.70 bits per heavy atom. The molecule has 0 aromatic rings. The van der Waals surface area contributed by atoms with Crippen LogP contribution < -0.4 is 0 Å². The van der Waals surface area contributed by atoms with Gasteiger partial charge in [0.15, 0.2) is 0 Å². The Balaban J connectivity index is 3.12. The minimum atomic E-state index is -0.230. The molecule has 0 aliphatic carbocycles. The summed E-state index contributed by atoms with van der Waals surface area (Å²) in [5.74, 6) is -0.230. The van der Waals surface area contributed by atoms with Crippen molar-refractivity contribution in [1.82, 2.24) is 0 Å². The van der Waals surface area contributed by atoms with Gasteiger partial charge in [0.25, 0.3) is 0 Å². The van der Waals surface area contributed by atoms with Crippen molar-refractivity contribution >= 4 is 5.97 Å². The zero-order chi connectivity index (χ0) is 7.82. The van der Waals surface area contributed by atoms with Crippen LogP contribution in [0.3, 0.4) is 0 Å².